The first-order chi connectivity index (χ1) is 16.3. The molecule has 0 spiro atoms. The summed E-state index contributed by atoms with van der Waals surface area (Å²) in [5.74, 6) is -52.9. The first kappa shape index (κ1) is 27.9. The van der Waals surface area contributed by atoms with E-state index in [-0.39, 0.29) is 0 Å². The Morgan fingerprint density at radius 2 is 0.333 bits per heavy atom. The molecule has 3 aromatic rings. The summed E-state index contributed by atoms with van der Waals surface area (Å²) in [7, 11) is 0. The number of hydrogen-bond donors (Lipinski definition) is 0. The Bertz CT molecular complexity index is 1220. The van der Waals surface area contributed by atoms with Crippen LogP contribution in [0.5, 0.6) is 0 Å². The zero-order chi connectivity index (χ0) is 27.8. The average Bonchev–Trinajstić information content (AvgIpc) is 2.81. The minimum absolute atomic E-state index is 3.25. The van der Waals surface area contributed by atoms with E-state index in [4.69, 9.17) is 0 Å². The Hall–Kier alpha value is -2.71. The number of benzene rings is 3. The fraction of sp³-hybridized carbons (Fsp3) is 0. The Morgan fingerprint density at radius 3 is 0.472 bits per heavy atom. The van der Waals surface area contributed by atoms with Crippen LogP contribution in [-0.2, 0) is 0 Å². The van der Waals surface area contributed by atoms with Crippen molar-refractivity contribution in [1.82, 2.24) is 0 Å². The van der Waals surface area contributed by atoms with Crippen molar-refractivity contribution < 1.29 is 71.5 Å². The van der Waals surface area contributed by atoms with Gasteiger partial charge in [0, 0.05) is 0 Å². The standard InChI is InChI=1S/3C6F5.2FH.Sb/c3*7-2-1-3(8)5(10)6(11)4(2)9;;;/h;;;2*1H;/q;;;;;+2/p-2. The van der Waals surface area contributed by atoms with Crippen LogP contribution >= 0.6 is 0 Å². The van der Waals surface area contributed by atoms with Crippen molar-refractivity contribution >= 4 is 29.1 Å². The van der Waals surface area contributed by atoms with Gasteiger partial charge in [0.05, 0.1) is 0 Å². The molecule has 0 fully saturated rings. The van der Waals surface area contributed by atoms with Crippen molar-refractivity contribution in [2.45, 2.75) is 0 Å². The van der Waals surface area contributed by atoms with E-state index in [1.165, 1.54) is 0 Å². The topological polar surface area (TPSA) is 0 Å². The summed E-state index contributed by atoms with van der Waals surface area (Å²) in [6.45, 7) is 0. The number of hydrogen-bond acceptors (Lipinski definition) is 0. The molecule has 0 N–H and O–H groups in total. The molecule has 18 heteroatoms. The normalized spacial score (nSPS) is 13.2. The summed E-state index contributed by atoms with van der Waals surface area (Å²) in [6, 6.07) is 0. The second kappa shape index (κ2) is 8.41. The van der Waals surface area contributed by atoms with Gasteiger partial charge in [0.2, 0.25) is 0 Å². The average molecular weight is 661 g/mol. The molecule has 0 saturated carbocycles. The molecule has 0 heterocycles. The molecule has 0 bridgehead atoms. The van der Waals surface area contributed by atoms with E-state index in [2.05, 4.69) is 0 Å². The summed E-state index contributed by atoms with van der Waals surface area (Å²) in [6.07, 6.45) is 0. The summed E-state index contributed by atoms with van der Waals surface area (Å²) in [5, 5.41) is 0. The molecule has 0 saturated heterocycles. The predicted octanol–water partition coefficient (Wildman–Crippen LogP) is 5.13. The quantitative estimate of drug-likeness (QED) is 0.158. The third-order valence-corrected chi connectivity index (χ3v) is 14.8. The second-order valence-corrected chi connectivity index (χ2v) is 15.7. The van der Waals surface area contributed by atoms with Gasteiger partial charge in [0.15, 0.2) is 0 Å². The van der Waals surface area contributed by atoms with Crippen molar-refractivity contribution in [3.05, 3.63) is 87.3 Å². The van der Waals surface area contributed by atoms with E-state index in [9.17, 15) is 65.9 Å². The molecule has 3 aromatic carbocycles. The van der Waals surface area contributed by atoms with Gasteiger partial charge >= 0.3 is 188 Å². The van der Waals surface area contributed by atoms with E-state index in [1.807, 2.05) is 0 Å². The van der Waals surface area contributed by atoms with Crippen molar-refractivity contribution in [3.8, 4) is 0 Å². The maximum absolute atomic E-state index is 16.4. The molecule has 36 heavy (non-hydrogen) atoms. The number of halogens is 17. The molecule has 0 nitrogen and oxygen atoms in total. The van der Waals surface area contributed by atoms with Gasteiger partial charge in [-0.25, -0.2) is 0 Å². The molecule has 0 unspecified atom stereocenters. The van der Waals surface area contributed by atoms with Crippen LogP contribution in [0, 0.1) is 87.3 Å². The zero-order valence-corrected chi connectivity index (χ0v) is 18.4. The summed E-state index contributed by atoms with van der Waals surface area (Å²) < 4.78 is 231. The molecule has 3 rings (SSSR count). The van der Waals surface area contributed by atoms with Crippen LogP contribution in [-0.4, -0.2) is 18.6 Å². The zero-order valence-electron chi connectivity index (χ0n) is 15.9. The first-order valence-electron chi connectivity index (χ1n) is 8.34. The van der Waals surface area contributed by atoms with Crippen molar-refractivity contribution in [2.24, 2.45) is 0 Å². The van der Waals surface area contributed by atoms with Crippen LogP contribution in [0.4, 0.5) is 71.5 Å². The van der Waals surface area contributed by atoms with Crippen molar-refractivity contribution in [3.63, 3.8) is 0 Å². The van der Waals surface area contributed by atoms with Crippen LogP contribution in [0.3, 0.4) is 0 Å². The summed E-state index contributed by atoms with van der Waals surface area (Å²) in [5.41, 5.74) is 0. The number of rotatable bonds is 3. The van der Waals surface area contributed by atoms with Crippen LogP contribution in [0.2, 0.25) is 0 Å². The maximum atomic E-state index is 16.4. The van der Waals surface area contributed by atoms with Gasteiger partial charge in [-0.15, -0.1) is 0 Å². The molecule has 0 radical (unpaired) electrons. The van der Waals surface area contributed by atoms with E-state index < -0.39 is 116 Å². The van der Waals surface area contributed by atoms with E-state index >= 15 is 5.63 Å². The second-order valence-electron chi connectivity index (χ2n) is 6.66. The van der Waals surface area contributed by atoms with Crippen molar-refractivity contribution in [2.75, 3.05) is 0 Å². The van der Waals surface area contributed by atoms with Gasteiger partial charge in [-0.05, 0) is 0 Å². The van der Waals surface area contributed by atoms with Gasteiger partial charge in [0.25, 0.3) is 0 Å². The SMILES string of the molecule is Fc1c(F)c(F)[c]([Sb]([F])([F])([c]2c(F)c(F)c(F)c(F)c2F)[c]2c(F)c(F)c(F)c(F)c2F)c(F)c1F. The molecule has 0 aliphatic heterocycles. The first-order valence-corrected chi connectivity index (χ1v) is 14.1. The monoisotopic (exact) mass is 660 g/mol. The molecular weight excluding hydrogens is 661 g/mol. The molecule has 0 atom stereocenters. The van der Waals surface area contributed by atoms with E-state index in [1.54, 1.807) is 0 Å². The van der Waals surface area contributed by atoms with Gasteiger partial charge in [-0.1, -0.05) is 0 Å². The predicted molar refractivity (Wildman–Crippen MR) is 85.6 cm³/mol. The fourth-order valence-corrected chi connectivity index (χ4v) is 12.6. The summed E-state index contributed by atoms with van der Waals surface area (Å²) >= 11 is -11.3. The molecule has 0 aliphatic carbocycles. The van der Waals surface area contributed by atoms with Crippen LogP contribution < -0.4 is 10.5 Å². The Morgan fingerprint density at radius 1 is 0.222 bits per heavy atom. The minimum atomic E-state index is -11.3. The Labute approximate surface area is 188 Å². The van der Waals surface area contributed by atoms with Crippen LogP contribution in [0.15, 0.2) is 0 Å². The molecule has 196 valence electrons. The molecule has 0 aliphatic rings. The van der Waals surface area contributed by atoms with E-state index in [0.717, 1.165) is 0 Å². The van der Waals surface area contributed by atoms with Crippen molar-refractivity contribution in [1.29, 1.82) is 0 Å². The van der Waals surface area contributed by atoms with Gasteiger partial charge in [-0.3, -0.25) is 0 Å². The fourth-order valence-electron chi connectivity index (χ4n) is 3.15. The third-order valence-electron chi connectivity index (χ3n) is 4.74. The summed E-state index contributed by atoms with van der Waals surface area (Å²) in [4.78, 5) is 0. The van der Waals surface area contributed by atoms with Gasteiger partial charge < -0.3 is 0 Å². The molecule has 0 amide bonds. The van der Waals surface area contributed by atoms with E-state index in [0.29, 0.717) is 0 Å². The molecule has 0 aromatic heterocycles. The Balaban J connectivity index is 2.88. The van der Waals surface area contributed by atoms with Gasteiger partial charge in [0.1, 0.15) is 0 Å². The molecular formula is C18F17Sb. The third kappa shape index (κ3) is 3.30. The Kier molecular flexibility index (Phi) is 6.51. The van der Waals surface area contributed by atoms with Crippen LogP contribution in [0.25, 0.3) is 0 Å². The van der Waals surface area contributed by atoms with Crippen LogP contribution in [0.1, 0.15) is 0 Å². The van der Waals surface area contributed by atoms with Gasteiger partial charge in [-0.2, -0.15) is 0 Å².